The summed E-state index contributed by atoms with van der Waals surface area (Å²) in [5.41, 5.74) is 4.76. The zero-order chi connectivity index (χ0) is 42.4. The Morgan fingerprint density at radius 1 is 0.508 bits per heavy atom. The molecule has 11 heteroatoms. The molecule has 0 spiro atoms. The van der Waals surface area contributed by atoms with Gasteiger partial charge in [-0.3, -0.25) is 0 Å². The van der Waals surface area contributed by atoms with E-state index < -0.39 is 70.0 Å². The maximum absolute atomic E-state index is 16.9. The van der Waals surface area contributed by atoms with Gasteiger partial charge < -0.3 is 42.3 Å². The first kappa shape index (κ1) is 44.9. The Hall–Kier alpha value is -4.11. The Balaban J connectivity index is 1.27. The van der Waals surface area contributed by atoms with E-state index >= 15 is 4.39 Å². The maximum Gasteiger partial charge on any atom is 0.228 e. The lowest BCUT2D eigenvalue weighted by Crippen LogP contribution is -2.69. The molecule has 1 radical (unpaired) electrons. The number of halogens is 1. The molecule has 0 bridgehead atoms. The zero-order valence-electron chi connectivity index (χ0n) is 35.4. The molecule has 0 unspecified atom stereocenters. The van der Waals surface area contributed by atoms with Crippen molar-refractivity contribution in [3.8, 4) is 0 Å². The van der Waals surface area contributed by atoms with Crippen LogP contribution < -0.4 is 0 Å². The minimum atomic E-state index is -1.91. The van der Waals surface area contributed by atoms with Gasteiger partial charge >= 0.3 is 0 Å². The van der Waals surface area contributed by atoms with Gasteiger partial charge in [0.15, 0.2) is 5.79 Å². The molecule has 5 aromatic rings. The van der Waals surface area contributed by atoms with Crippen LogP contribution in [0.15, 0.2) is 152 Å². The van der Waals surface area contributed by atoms with Crippen molar-refractivity contribution < 1.29 is 46.7 Å². The number of hydrogen-bond acceptors (Lipinski definition) is 9. The quantitative estimate of drug-likeness (QED) is 0.0712. The van der Waals surface area contributed by atoms with Crippen molar-refractivity contribution in [3.63, 3.8) is 0 Å². The normalized spacial score (nSPS) is 27.9. The molecule has 7 rings (SSSR count). The molecular weight excluding hydrogens is 792 g/mol. The summed E-state index contributed by atoms with van der Waals surface area (Å²) in [6.07, 6.45) is -8.65. The van der Waals surface area contributed by atoms with Crippen molar-refractivity contribution in [1.82, 2.24) is 0 Å². The summed E-state index contributed by atoms with van der Waals surface area (Å²) in [7, 11) is -1.18. The Bertz CT molecular complexity index is 1980. The van der Waals surface area contributed by atoms with Gasteiger partial charge in [0.05, 0.1) is 45.7 Å². The number of alkyl halides is 1. The molecule has 0 aliphatic carbocycles. The van der Waals surface area contributed by atoms with Gasteiger partial charge in [-0.15, -0.1) is 0 Å². The molecule has 10 atom stereocenters. The zero-order valence-corrected chi connectivity index (χ0v) is 36.4. The SMILES string of the molecule is C[C@@H]1O[C@@H](F)[C@H](O[C@@]2(C)O[C@H](CO[Si](C)C)[C@@H](OCc3ccccc3)[C@H](OCc3ccccc3)[C@H]2OCc2ccccc2)[C@H](OCc2ccccc2)[C@H]1OCc1ccccc1. The third-order valence-electron chi connectivity index (χ3n) is 10.9. The van der Waals surface area contributed by atoms with E-state index in [0.29, 0.717) is 0 Å². The minimum Gasteiger partial charge on any atom is -0.414 e. The minimum absolute atomic E-state index is 0.185. The van der Waals surface area contributed by atoms with Gasteiger partial charge in [0.25, 0.3) is 0 Å². The molecule has 2 heterocycles. The summed E-state index contributed by atoms with van der Waals surface area (Å²) >= 11 is 0. The number of ether oxygens (including phenoxy) is 8. The molecule has 61 heavy (non-hydrogen) atoms. The van der Waals surface area contributed by atoms with Crippen LogP contribution in [0.5, 0.6) is 0 Å². The third-order valence-corrected chi connectivity index (χ3v) is 11.7. The smallest absolute Gasteiger partial charge is 0.228 e. The molecule has 5 aromatic carbocycles. The van der Waals surface area contributed by atoms with Gasteiger partial charge in [-0.1, -0.05) is 152 Å². The Morgan fingerprint density at radius 2 is 0.885 bits per heavy atom. The first-order chi connectivity index (χ1) is 29.8. The fraction of sp³-hybridized carbons (Fsp3) is 0.400. The van der Waals surface area contributed by atoms with Gasteiger partial charge in [-0.2, -0.15) is 0 Å². The number of benzene rings is 5. The van der Waals surface area contributed by atoms with E-state index in [9.17, 15) is 0 Å². The van der Waals surface area contributed by atoms with Crippen LogP contribution >= 0.6 is 0 Å². The lowest BCUT2D eigenvalue weighted by molar-refractivity contribution is -0.409. The molecule has 323 valence electrons. The number of rotatable bonds is 20. The first-order valence-electron chi connectivity index (χ1n) is 21.1. The fourth-order valence-corrected chi connectivity index (χ4v) is 8.32. The predicted molar refractivity (Wildman–Crippen MR) is 232 cm³/mol. The van der Waals surface area contributed by atoms with Gasteiger partial charge in [0, 0.05) is 0 Å². The summed E-state index contributed by atoms with van der Waals surface area (Å²) in [6, 6.07) is 49.4. The maximum atomic E-state index is 16.9. The number of hydrogen-bond donors (Lipinski definition) is 0. The van der Waals surface area contributed by atoms with Crippen molar-refractivity contribution in [3.05, 3.63) is 179 Å². The van der Waals surface area contributed by atoms with Crippen molar-refractivity contribution in [2.24, 2.45) is 0 Å². The highest BCUT2D eigenvalue weighted by atomic mass is 28.3. The van der Waals surface area contributed by atoms with Crippen LogP contribution in [0.1, 0.15) is 41.7 Å². The van der Waals surface area contributed by atoms with E-state index in [0.717, 1.165) is 27.8 Å². The average molecular weight is 850 g/mol. The molecule has 0 N–H and O–H groups in total. The molecule has 0 aromatic heterocycles. The second-order valence-electron chi connectivity index (χ2n) is 15.9. The molecule has 2 saturated heterocycles. The Kier molecular flexibility index (Phi) is 16.4. The van der Waals surface area contributed by atoms with Crippen LogP contribution in [0.3, 0.4) is 0 Å². The highest BCUT2D eigenvalue weighted by Gasteiger charge is 2.59. The Morgan fingerprint density at radius 3 is 1.31 bits per heavy atom. The van der Waals surface area contributed by atoms with Crippen molar-refractivity contribution >= 4 is 9.04 Å². The lowest BCUT2D eigenvalue weighted by Gasteiger charge is -2.53. The molecule has 2 aliphatic heterocycles. The van der Waals surface area contributed by atoms with Gasteiger partial charge in [0.1, 0.15) is 42.7 Å². The predicted octanol–water partition coefficient (Wildman–Crippen LogP) is 9.40. The van der Waals surface area contributed by atoms with Gasteiger partial charge in [-0.25, -0.2) is 4.39 Å². The highest BCUT2D eigenvalue weighted by Crippen LogP contribution is 2.41. The van der Waals surface area contributed by atoms with Crippen LogP contribution in [0, 0.1) is 0 Å². The van der Waals surface area contributed by atoms with E-state index in [1.165, 1.54) is 0 Å². The molecule has 2 aliphatic rings. The van der Waals surface area contributed by atoms with E-state index in [-0.39, 0.29) is 39.6 Å². The van der Waals surface area contributed by atoms with E-state index in [1.807, 2.05) is 152 Å². The standard InChI is InChI=1S/C50H58FO9Si/c1-36-43(52-30-37-20-10-5-11-21-37)45(54-32-39-24-14-7-15-25-39)47(49(51)58-36)60-50(2)48(56-34-41-28-18-9-19-29-41)46(55-33-40-26-16-8-17-27-40)44(42(59-50)35-57-61(3)4)53-31-38-22-12-6-13-23-38/h5-29,36,42-49H,30-35H2,1-4H3/t36-,42+,43-,44+,45+,46-,47+,48+,49+,50+/m0/s1. The van der Waals surface area contributed by atoms with E-state index in [2.05, 4.69) is 13.1 Å². The van der Waals surface area contributed by atoms with E-state index in [4.69, 9.17) is 42.3 Å². The van der Waals surface area contributed by atoms with Gasteiger partial charge in [0.2, 0.25) is 15.4 Å². The van der Waals surface area contributed by atoms with Crippen molar-refractivity contribution in [2.75, 3.05) is 6.61 Å². The van der Waals surface area contributed by atoms with Crippen molar-refractivity contribution in [1.29, 1.82) is 0 Å². The van der Waals surface area contributed by atoms with Crippen molar-refractivity contribution in [2.45, 2.75) is 121 Å². The van der Waals surface area contributed by atoms with Crippen LogP contribution in [0.2, 0.25) is 13.1 Å². The average Bonchev–Trinajstić information content (AvgIpc) is 3.28. The molecule has 0 saturated carbocycles. The Labute approximate surface area is 361 Å². The monoisotopic (exact) mass is 849 g/mol. The lowest BCUT2D eigenvalue weighted by atomic mass is 9.91. The summed E-state index contributed by atoms with van der Waals surface area (Å²) in [5, 5.41) is 0. The van der Waals surface area contributed by atoms with Crippen LogP contribution in [0.25, 0.3) is 0 Å². The van der Waals surface area contributed by atoms with Crippen LogP contribution in [-0.4, -0.2) is 76.6 Å². The third kappa shape index (κ3) is 12.5. The van der Waals surface area contributed by atoms with Crippen LogP contribution in [-0.2, 0) is 75.4 Å². The summed E-state index contributed by atoms with van der Waals surface area (Å²) in [4.78, 5) is 0. The highest BCUT2D eigenvalue weighted by molar-refractivity contribution is 6.48. The second-order valence-corrected chi connectivity index (χ2v) is 18.0. The largest absolute Gasteiger partial charge is 0.414 e. The summed E-state index contributed by atoms with van der Waals surface area (Å²) in [6.45, 7) is 9.07. The second kappa shape index (κ2) is 22.3. The first-order valence-corrected chi connectivity index (χ1v) is 23.5. The molecule has 0 amide bonds. The fourth-order valence-electron chi connectivity index (χ4n) is 7.82. The topological polar surface area (TPSA) is 83.1 Å². The molecule has 2 fully saturated rings. The summed E-state index contributed by atoms with van der Waals surface area (Å²) in [5.74, 6) is -1.65. The summed E-state index contributed by atoms with van der Waals surface area (Å²) < 4.78 is 77.3. The molecular formula is C50H58FO9Si. The van der Waals surface area contributed by atoms with E-state index in [1.54, 1.807) is 13.8 Å². The van der Waals surface area contributed by atoms with Crippen LogP contribution in [0.4, 0.5) is 4.39 Å². The molecule has 9 nitrogen and oxygen atoms in total. The van der Waals surface area contributed by atoms with Gasteiger partial charge in [-0.05, 0) is 54.8 Å².